The number of methoxy groups -OCH3 is 1. The Morgan fingerprint density at radius 1 is 1.35 bits per heavy atom. The molecule has 0 atom stereocenters. The Labute approximate surface area is 183 Å². The largest absolute Gasteiger partial charge is 0.492 e. The third-order valence-electron chi connectivity index (χ3n) is 5.05. The fraction of sp³-hybridized carbons (Fsp3) is 0.238. The molecule has 3 N–H and O–H groups in total. The van der Waals surface area contributed by atoms with E-state index in [1.807, 2.05) is 23.9 Å². The van der Waals surface area contributed by atoms with Crippen molar-refractivity contribution in [3.63, 3.8) is 0 Å². The van der Waals surface area contributed by atoms with E-state index in [0.29, 0.717) is 36.5 Å². The van der Waals surface area contributed by atoms with Crippen LogP contribution in [-0.2, 0) is 18.4 Å². The lowest BCUT2D eigenvalue weighted by atomic mass is 10.1. The molecule has 0 bridgehead atoms. The number of aromatic nitrogens is 3. The highest BCUT2D eigenvalue weighted by atomic mass is 32.1. The number of ether oxygens (including phenoxy) is 1. The minimum absolute atomic E-state index is 0.0311. The van der Waals surface area contributed by atoms with Crippen LogP contribution in [-0.4, -0.2) is 39.1 Å². The van der Waals surface area contributed by atoms with Gasteiger partial charge in [-0.15, -0.1) is 0 Å². The van der Waals surface area contributed by atoms with Crippen LogP contribution < -0.4 is 20.7 Å². The number of thiocarbonyl (C=S) groups is 1. The summed E-state index contributed by atoms with van der Waals surface area (Å²) < 4.78 is 21.1. The molecule has 0 aliphatic carbocycles. The molecule has 0 radical (unpaired) electrons. The van der Waals surface area contributed by atoms with Gasteiger partial charge in [0.15, 0.2) is 11.6 Å². The summed E-state index contributed by atoms with van der Waals surface area (Å²) in [5.41, 5.74) is 3.00. The molecule has 0 saturated carbocycles. The fourth-order valence-electron chi connectivity index (χ4n) is 3.53. The summed E-state index contributed by atoms with van der Waals surface area (Å²) in [6, 6.07) is 6.42. The summed E-state index contributed by atoms with van der Waals surface area (Å²) in [5.74, 6) is -0.788. The molecule has 0 unspecified atom stereocenters. The first-order chi connectivity index (χ1) is 15.0. The number of anilines is 1. The van der Waals surface area contributed by atoms with Gasteiger partial charge in [0.1, 0.15) is 17.0 Å². The predicted octanol–water partition coefficient (Wildman–Crippen LogP) is 2.42. The molecule has 1 aliphatic heterocycles. The van der Waals surface area contributed by atoms with Crippen LogP contribution in [0, 0.1) is 5.82 Å². The van der Waals surface area contributed by atoms with Crippen LogP contribution in [0.25, 0.3) is 11.0 Å². The number of carbonyl (C=O) groups excluding carboxylic acids is 1. The molecular formula is C21H21FN6O2S. The number of hydrogen-bond donors (Lipinski definition) is 3. The molecule has 3 heterocycles. The van der Waals surface area contributed by atoms with Crippen molar-refractivity contribution < 1.29 is 13.9 Å². The Balaban J connectivity index is 1.60. The van der Waals surface area contributed by atoms with E-state index in [4.69, 9.17) is 17.0 Å². The maximum Gasteiger partial charge on any atom is 0.256 e. The highest BCUT2D eigenvalue weighted by Crippen LogP contribution is 2.28. The lowest BCUT2D eigenvalue weighted by Gasteiger charge is -2.23. The number of fused-ring (bicyclic) bond motifs is 1. The van der Waals surface area contributed by atoms with E-state index in [9.17, 15) is 9.18 Å². The quantitative estimate of drug-likeness (QED) is 0.507. The monoisotopic (exact) mass is 440 g/mol. The number of aryl methyl sites for hydroxylation is 1. The Kier molecular flexibility index (Phi) is 5.81. The number of nitrogens with one attached hydrogen (secondary N) is 3. The Hall–Kier alpha value is -3.53. The van der Waals surface area contributed by atoms with Crippen LogP contribution in [0.2, 0.25) is 0 Å². The molecule has 3 aromatic rings. The number of halogens is 1. The number of nitrogens with zero attached hydrogens (tertiary/aromatic N) is 3. The van der Waals surface area contributed by atoms with Gasteiger partial charge >= 0.3 is 0 Å². The van der Waals surface area contributed by atoms with Gasteiger partial charge < -0.3 is 25.3 Å². The minimum atomic E-state index is -0.522. The van der Waals surface area contributed by atoms with Gasteiger partial charge in [0.25, 0.3) is 5.91 Å². The van der Waals surface area contributed by atoms with Crippen molar-refractivity contribution in [2.45, 2.75) is 13.0 Å². The number of carbonyl (C=O) groups is 1. The summed E-state index contributed by atoms with van der Waals surface area (Å²) in [4.78, 5) is 21.5. The highest BCUT2D eigenvalue weighted by Gasteiger charge is 2.25. The van der Waals surface area contributed by atoms with E-state index in [-0.39, 0.29) is 16.6 Å². The summed E-state index contributed by atoms with van der Waals surface area (Å²) >= 11 is 5.50. The van der Waals surface area contributed by atoms with Gasteiger partial charge in [0.2, 0.25) is 0 Å². The average Bonchev–Trinajstić information content (AvgIpc) is 3.14. The SMILES string of the molecule is COc1c(F)cccc1NC(=S)C1=C(NCc2ncnc3c2ccn3C)CCNC1=O. The maximum atomic E-state index is 14.0. The molecule has 1 aromatic carbocycles. The molecule has 1 aliphatic rings. The number of amides is 1. The van der Waals surface area contributed by atoms with Crippen LogP contribution in [0.1, 0.15) is 12.1 Å². The number of benzene rings is 1. The third kappa shape index (κ3) is 4.06. The van der Waals surface area contributed by atoms with Crippen LogP contribution in [0.15, 0.2) is 48.1 Å². The van der Waals surface area contributed by atoms with Gasteiger partial charge in [-0.25, -0.2) is 14.4 Å². The van der Waals surface area contributed by atoms with Crippen LogP contribution in [0.4, 0.5) is 10.1 Å². The van der Waals surface area contributed by atoms with E-state index >= 15 is 0 Å². The third-order valence-corrected chi connectivity index (χ3v) is 5.36. The second-order valence-electron chi connectivity index (χ2n) is 6.97. The molecule has 0 spiro atoms. The van der Waals surface area contributed by atoms with Crippen molar-refractivity contribution in [1.29, 1.82) is 0 Å². The zero-order valence-corrected chi connectivity index (χ0v) is 17.8. The van der Waals surface area contributed by atoms with Gasteiger partial charge in [-0.05, 0) is 18.2 Å². The second kappa shape index (κ2) is 8.68. The summed E-state index contributed by atoms with van der Waals surface area (Å²) in [7, 11) is 3.29. The van der Waals surface area contributed by atoms with Gasteiger partial charge in [-0.3, -0.25) is 4.79 Å². The van der Waals surface area contributed by atoms with E-state index in [1.165, 1.54) is 25.6 Å². The zero-order chi connectivity index (χ0) is 22.0. The first-order valence-electron chi connectivity index (χ1n) is 9.63. The minimum Gasteiger partial charge on any atom is -0.492 e. The molecule has 0 saturated heterocycles. The Morgan fingerprint density at radius 3 is 3.00 bits per heavy atom. The first-order valence-corrected chi connectivity index (χ1v) is 10.0. The van der Waals surface area contributed by atoms with Crippen molar-refractivity contribution in [2.24, 2.45) is 7.05 Å². The van der Waals surface area contributed by atoms with Gasteiger partial charge in [0.05, 0.1) is 30.6 Å². The molecular weight excluding hydrogens is 419 g/mol. The van der Waals surface area contributed by atoms with Gasteiger partial charge in [-0.2, -0.15) is 0 Å². The second-order valence-corrected chi connectivity index (χ2v) is 7.38. The molecule has 10 heteroatoms. The highest BCUT2D eigenvalue weighted by molar-refractivity contribution is 7.81. The molecule has 8 nitrogen and oxygen atoms in total. The number of hydrogen-bond acceptors (Lipinski definition) is 6. The van der Waals surface area contributed by atoms with Crippen LogP contribution >= 0.6 is 12.2 Å². The zero-order valence-electron chi connectivity index (χ0n) is 17.0. The van der Waals surface area contributed by atoms with Crippen molar-refractivity contribution in [3.05, 3.63) is 59.6 Å². The standard InChI is InChI=1S/C21H21FN6O2S/c1-28-9-7-12-16(25-11-26-19(12)28)10-24-14-6-8-23-20(29)17(14)21(31)27-15-5-3-4-13(22)18(15)30-2/h3-5,7,9,11,24H,6,8,10H2,1-2H3,(H,23,29)(H,27,31). The van der Waals surface area contributed by atoms with Crippen molar-refractivity contribution in [2.75, 3.05) is 19.0 Å². The number of rotatable bonds is 6. The van der Waals surface area contributed by atoms with Crippen molar-refractivity contribution >= 4 is 39.8 Å². The first kappa shape index (κ1) is 20.7. The van der Waals surface area contributed by atoms with Crippen LogP contribution in [0.5, 0.6) is 5.75 Å². The molecule has 1 amide bonds. The summed E-state index contributed by atoms with van der Waals surface area (Å²) in [6.45, 7) is 0.891. The van der Waals surface area contributed by atoms with E-state index in [0.717, 1.165) is 16.7 Å². The fourth-order valence-corrected chi connectivity index (χ4v) is 3.86. The number of para-hydroxylation sites is 1. The predicted molar refractivity (Wildman–Crippen MR) is 119 cm³/mol. The Bertz CT molecular complexity index is 1210. The van der Waals surface area contributed by atoms with Crippen molar-refractivity contribution in [3.8, 4) is 5.75 Å². The van der Waals surface area contributed by atoms with Gasteiger partial charge in [0, 0.05) is 37.3 Å². The Morgan fingerprint density at radius 2 is 2.19 bits per heavy atom. The van der Waals surface area contributed by atoms with E-state index in [2.05, 4.69) is 25.9 Å². The molecule has 4 rings (SSSR count). The molecule has 0 fully saturated rings. The summed E-state index contributed by atoms with van der Waals surface area (Å²) in [6.07, 6.45) is 4.02. The normalized spacial score (nSPS) is 13.8. The van der Waals surface area contributed by atoms with Gasteiger partial charge in [-0.1, -0.05) is 18.3 Å². The van der Waals surface area contributed by atoms with E-state index < -0.39 is 5.82 Å². The summed E-state index contributed by atoms with van der Waals surface area (Å²) in [5, 5.41) is 9.99. The molecule has 160 valence electrons. The lowest BCUT2D eigenvalue weighted by Crippen LogP contribution is -2.39. The molecule has 2 aromatic heterocycles. The average molecular weight is 441 g/mol. The van der Waals surface area contributed by atoms with Crippen molar-refractivity contribution in [1.82, 2.24) is 25.2 Å². The smallest absolute Gasteiger partial charge is 0.256 e. The molecule has 31 heavy (non-hydrogen) atoms. The topological polar surface area (TPSA) is 93.1 Å². The maximum absolute atomic E-state index is 14.0. The lowest BCUT2D eigenvalue weighted by molar-refractivity contribution is -0.117. The van der Waals surface area contributed by atoms with Crippen LogP contribution in [0.3, 0.4) is 0 Å². The van der Waals surface area contributed by atoms with E-state index in [1.54, 1.807) is 6.07 Å².